The number of pyridine rings is 1. The van der Waals surface area contributed by atoms with E-state index >= 15 is 0 Å². The number of amides is 1. The van der Waals surface area contributed by atoms with E-state index in [1.165, 1.54) is 0 Å². The first-order chi connectivity index (χ1) is 9.89. The van der Waals surface area contributed by atoms with Crippen LogP contribution in [0.2, 0.25) is 0 Å². The summed E-state index contributed by atoms with van der Waals surface area (Å²) >= 11 is 0. The molecule has 0 spiro atoms. The first-order valence-electron chi connectivity index (χ1n) is 7.26. The van der Waals surface area contributed by atoms with Crippen LogP contribution in [0.3, 0.4) is 0 Å². The molecule has 0 bridgehead atoms. The van der Waals surface area contributed by atoms with E-state index in [9.17, 15) is 9.59 Å². The number of aromatic nitrogens is 1. The van der Waals surface area contributed by atoms with Gasteiger partial charge in [-0.15, -0.1) is 0 Å². The van der Waals surface area contributed by atoms with Gasteiger partial charge in [-0.25, -0.2) is 0 Å². The SMILES string of the molecule is CC(C)(CCNC(=O)CCc1cccnc1)CCC(=O)O. The maximum absolute atomic E-state index is 11.7. The summed E-state index contributed by atoms with van der Waals surface area (Å²) in [6.07, 6.45) is 6.17. The average molecular weight is 292 g/mol. The molecule has 0 saturated carbocycles. The normalized spacial score (nSPS) is 11.1. The number of rotatable bonds is 9. The number of aryl methyl sites for hydroxylation is 1. The van der Waals surface area contributed by atoms with E-state index in [0.717, 1.165) is 12.0 Å². The third-order valence-electron chi connectivity index (χ3n) is 3.50. The summed E-state index contributed by atoms with van der Waals surface area (Å²) < 4.78 is 0. The maximum Gasteiger partial charge on any atom is 0.303 e. The minimum Gasteiger partial charge on any atom is -0.481 e. The molecule has 0 aromatic carbocycles. The Morgan fingerprint density at radius 1 is 1.29 bits per heavy atom. The molecule has 5 nitrogen and oxygen atoms in total. The van der Waals surface area contributed by atoms with Crippen molar-refractivity contribution >= 4 is 11.9 Å². The minimum absolute atomic E-state index is 0.0212. The van der Waals surface area contributed by atoms with Gasteiger partial charge in [0.1, 0.15) is 0 Å². The molecule has 1 aromatic rings. The van der Waals surface area contributed by atoms with Crippen LogP contribution in [0.5, 0.6) is 0 Å². The van der Waals surface area contributed by atoms with E-state index in [4.69, 9.17) is 5.11 Å². The van der Waals surface area contributed by atoms with Crippen LogP contribution >= 0.6 is 0 Å². The summed E-state index contributed by atoms with van der Waals surface area (Å²) in [5.74, 6) is -0.753. The number of hydrogen-bond acceptors (Lipinski definition) is 3. The van der Waals surface area contributed by atoms with Crippen LogP contribution < -0.4 is 5.32 Å². The zero-order valence-corrected chi connectivity index (χ0v) is 12.8. The summed E-state index contributed by atoms with van der Waals surface area (Å²) in [6, 6.07) is 3.81. The Labute approximate surface area is 125 Å². The highest BCUT2D eigenvalue weighted by Crippen LogP contribution is 2.25. The zero-order chi connectivity index (χ0) is 15.7. The molecule has 1 aromatic heterocycles. The Bertz CT molecular complexity index is 458. The Morgan fingerprint density at radius 3 is 2.67 bits per heavy atom. The summed E-state index contributed by atoms with van der Waals surface area (Å²) in [5.41, 5.74) is 0.976. The maximum atomic E-state index is 11.7. The van der Waals surface area contributed by atoms with Crippen LogP contribution in [0.25, 0.3) is 0 Å². The average Bonchev–Trinajstić information content (AvgIpc) is 2.44. The molecular formula is C16H24N2O3. The largest absolute Gasteiger partial charge is 0.481 e. The van der Waals surface area contributed by atoms with Gasteiger partial charge in [0.15, 0.2) is 0 Å². The van der Waals surface area contributed by atoms with E-state index in [0.29, 0.717) is 25.8 Å². The van der Waals surface area contributed by atoms with Gasteiger partial charge >= 0.3 is 5.97 Å². The molecule has 0 radical (unpaired) electrons. The fraction of sp³-hybridized carbons (Fsp3) is 0.562. The van der Waals surface area contributed by atoms with Crippen LogP contribution in [0.1, 0.15) is 45.1 Å². The fourth-order valence-corrected chi connectivity index (χ4v) is 2.00. The number of carbonyl (C=O) groups excluding carboxylic acids is 1. The van der Waals surface area contributed by atoms with E-state index < -0.39 is 5.97 Å². The van der Waals surface area contributed by atoms with Crippen molar-refractivity contribution in [2.45, 2.75) is 46.0 Å². The lowest BCUT2D eigenvalue weighted by Gasteiger charge is -2.23. The van der Waals surface area contributed by atoms with Crippen LogP contribution in [0.15, 0.2) is 24.5 Å². The lowest BCUT2D eigenvalue weighted by Crippen LogP contribution is -2.28. The molecule has 0 saturated heterocycles. The van der Waals surface area contributed by atoms with Crippen molar-refractivity contribution in [1.82, 2.24) is 10.3 Å². The molecule has 0 aliphatic carbocycles. The number of carboxylic acids is 1. The second kappa shape index (κ2) is 8.39. The van der Waals surface area contributed by atoms with Crippen LogP contribution in [-0.4, -0.2) is 28.5 Å². The summed E-state index contributed by atoms with van der Waals surface area (Å²) in [4.78, 5) is 26.3. The van der Waals surface area contributed by atoms with Gasteiger partial charge in [-0.3, -0.25) is 14.6 Å². The lowest BCUT2D eigenvalue weighted by molar-refractivity contribution is -0.137. The van der Waals surface area contributed by atoms with Crippen molar-refractivity contribution in [3.63, 3.8) is 0 Å². The summed E-state index contributed by atoms with van der Waals surface area (Å²) in [5, 5.41) is 11.6. The van der Waals surface area contributed by atoms with Crippen LogP contribution in [0, 0.1) is 5.41 Å². The summed E-state index contributed by atoms with van der Waals surface area (Å²) in [7, 11) is 0. The molecule has 116 valence electrons. The molecule has 0 unspecified atom stereocenters. The van der Waals surface area contributed by atoms with Gasteiger partial charge in [0.25, 0.3) is 0 Å². The molecule has 0 atom stereocenters. The van der Waals surface area contributed by atoms with E-state index in [2.05, 4.69) is 10.3 Å². The molecule has 21 heavy (non-hydrogen) atoms. The van der Waals surface area contributed by atoms with Crippen molar-refractivity contribution in [3.05, 3.63) is 30.1 Å². The highest BCUT2D eigenvalue weighted by atomic mass is 16.4. The Hall–Kier alpha value is -1.91. The standard InChI is InChI=1S/C16H24N2O3/c1-16(2,8-7-15(20)21)9-11-18-14(19)6-5-13-4-3-10-17-12-13/h3-4,10,12H,5-9,11H2,1-2H3,(H,18,19)(H,20,21). The third kappa shape index (κ3) is 8.07. The van der Waals surface area contributed by atoms with Crippen molar-refractivity contribution < 1.29 is 14.7 Å². The van der Waals surface area contributed by atoms with Crippen molar-refractivity contribution in [2.75, 3.05) is 6.54 Å². The van der Waals surface area contributed by atoms with E-state index in [1.54, 1.807) is 12.4 Å². The number of carboxylic acid groups (broad SMARTS) is 1. The summed E-state index contributed by atoms with van der Waals surface area (Å²) in [6.45, 7) is 4.63. The molecule has 2 N–H and O–H groups in total. The fourth-order valence-electron chi connectivity index (χ4n) is 2.00. The van der Waals surface area contributed by atoms with Crippen molar-refractivity contribution in [3.8, 4) is 0 Å². The highest BCUT2D eigenvalue weighted by Gasteiger charge is 2.19. The smallest absolute Gasteiger partial charge is 0.303 e. The van der Waals surface area contributed by atoms with Crippen LogP contribution in [-0.2, 0) is 16.0 Å². The molecule has 1 amide bonds. The predicted molar refractivity (Wildman–Crippen MR) is 80.8 cm³/mol. The van der Waals surface area contributed by atoms with Crippen molar-refractivity contribution in [2.24, 2.45) is 5.41 Å². The van der Waals surface area contributed by atoms with Gasteiger partial charge in [0, 0.05) is 31.8 Å². The van der Waals surface area contributed by atoms with Gasteiger partial charge in [0.05, 0.1) is 0 Å². The molecule has 0 aliphatic rings. The Kier molecular flexibility index (Phi) is 6.85. The minimum atomic E-state index is -0.774. The van der Waals surface area contributed by atoms with Gasteiger partial charge in [-0.2, -0.15) is 0 Å². The molecule has 0 fully saturated rings. The highest BCUT2D eigenvalue weighted by molar-refractivity contribution is 5.76. The molecule has 1 rings (SSSR count). The number of nitrogens with one attached hydrogen (secondary N) is 1. The number of nitrogens with zero attached hydrogens (tertiary/aromatic N) is 1. The Balaban J connectivity index is 2.19. The Morgan fingerprint density at radius 2 is 2.05 bits per heavy atom. The van der Waals surface area contributed by atoms with Gasteiger partial charge in [-0.05, 0) is 36.3 Å². The van der Waals surface area contributed by atoms with E-state index in [-0.39, 0.29) is 17.7 Å². The first kappa shape index (κ1) is 17.1. The lowest BCUT2D eigenvalue weighted by atomic mass is 9.84. The molecule has 1 heterocycles. The zero-order valence-electron chi connectivity index (χ0n) is 12.8. The van der Waals surface area contributed by atoms with E-state index in [1.807, 2.05) is 26.0 Å². The second-order valence-electron chi connectivity index (χ2n) is 6.02. The van der Waals surface area contributed by atoms with Crippen LogP contribution in [0.4, 0.5) is 0 Å². The van der Waals surface area contributed by atoms with Gasteiger partial charge in [0.2, 0.25) is 5.91 Å². The monoisotopic (exact) mass is 292 g/mol. The molecular weight excluding hydrogens is 268 g/mol. The number of carbonyl (C=O) groups is 2. The molecule has 5 heteroatoms. The van der Waals surface area contributed by atoms with Gasteiger partial charge in [-0.1, -0.05) is 19.9 Å². The topological polar surface area (TPSA) is 79.3 Å². The number of aliphatic carboxylic acids is 1. The first-order valence-corrected chi connectivity index (χ1v) is 7.26. The second-order valence-corrected chi connectivity index (χ2v) is 6.02. The number of hydrogen-bond donors (Lipinski definition) is 2. The van der Waals surface area contributed by atoms with Gasteiger partial charge < -0.3 is 10.4 Å². The van der Waals surface area contributed by atoms with Crippen molar-refractivity contribution in [1.29, 1.82) is 0 Å². The molecule has 0 aliphatic heterocycles. The quantitative estimate of drug-likeness (QED) is 0.732. The predicted octanol–water partition coefficient (Wildman–Crippen LogP) is 2.41. The third-order valence-corrected chi connectivity index (χ3v) is 3.50.